The van der Waals surface area contributed by atoms with E-state index in [1.54, 1.807) is 0 Å². The van der Waals surface area contributed by atoms with Gasteiger partial charge in [-0.3, -0.25) is 4.79 Å². The third-order valence-corrected chi connectivity index (χ3v) is 3.98. The molecule has 0 fully saturated rings. The van der Waals surface area contributed by atoms with Crippen molar-refractivity contribution in [2.45, 2.75) is 63.1 Å². The predicted octanol–water partition coefficient (Wildman–Crippen LogP) is 4.83. The van der Waals surface area contributed by atoms with Crippen molar-refractivity contribution in [3.8, 4) is 0 Å². The lowest BCUT2D eigenvalue weighted by molar-refractivity contribution is -0.143. The maximum Gasteiger partial charge on any atom is 0.319 e. The van der Waals surface area contributed by atoms with Gasteiger partial charge in [0.05, 0.1) is 6.61 Å². The number of halogens is 2. The highest BCUT2D eigenvalue weighted by Gasteiger charge is 2.15. The Labute approximate surface area is 122 Å². The van der Waals surface area contributed by atoms with Crippen LogP contribution < -0.4 is 0 Å². The number of ether oxygens (including phenoxy) is 1. The van der Waals surface area contributed by atoms with E-state index in [9.17, 15) is 4.79 Å². The Hall–Kier alpha value is 0.430. The number of esters is 1. The molecule has 0 saturated heterocycles. The highest BCUT2D eigenvalue weighted by atomic mass is 79.9. The molecule has 0 heterocycles. The lowest BCUT2D eigenvalue weighted by atomic mass is 10.1. The molecule has 0 rings (SSSR count). The minimum Gasteiger partial charge on any atom is -0.465 e. The molecule has 0 aromatic rings. The lowest BCUT2D eigenvalue weighted by Crippen LogP contribution is -2.18. The SMILES string of the molecule is CCCCCCCCOC(=O)C(Br)CCCBr. The van der Waals surface area contributed by atoms with Gasteiger partial charge in [0.2, 0.25) is 0 Å². The second-order valence-corrected chi connectivity index (χ2v) is 6.13. The van der Waals surface area contributed by atoms with Crippen LogP contribution in [0.25, 0.3) is 0 Å². The van der Waals surface area contributed by atoms with Gasteiger partial charge in [0, 0.05) is 5.33 Å². The van der Waals surface area contributed by atoms with Crippen LogP contribution >= 0.6 is 31.9 Å². The molecule has 0 aromatic carbocycles. The summed E-state index contributed by atoms with van der Waals surface area (Å²) in [5.74, 6) is -0.112. The topological polar surface area (TPSA) is 26.3 Å². The normalized spacial score (nSPS) is 12.4. The van der Waals surface area contributed by atoms with Crippen LogP contribution in [0.3, 0.4) is 0 Å². The Balaban J connectivity index is 3.32. The van der Waals surface area contributed by atoms with Crippen molar-refractivity contribution in [2.75, 3.05) is 11.9 Å². The van der Waals surface area contributed by atoms with Crippen LogP contribution in [0, 0.1) is 0 Å². The van der Waals surface area contributed by atoms with Gasteiger partial charge in [-0.2, -0.15) is 0 Å². The zero-order chi connectivity index (χ0) is 12.9. The average molecular weight is 372 g/mol. The van der Waals surface area contributed by atoms with Gasteiger partial charge in [0.15, 0.2) is 0 Å². The maximum atomic E-state index is 11.5. The largest absolute Gasteiger partial charge is 0.465 e. The number of alkyl halides is 2. The first-order chi connectivity index (χ1) is 8.22. The molecule has 0 radical (unpaired) electrons. The van der Waals surface area contributed by atoms with Crippen molar-refractivity contribution in [3.63, 3.8) is 0 Å². The van der Waals surface area contributed by atoms with E-state index in [0.717, 1.165) is 24.6 Å². The van der Waals surface area contributed by atoms with Crippen molar-refractivity contribution in [3.05, 3.63) is 0 Å². The number of carbonyl (C=O) groups is 1. The number of hydrogen-bond donors (Lipinski definition) is 0. The van der Waals surface area contributed by atoms with Crippen molar-refractivity contribution in [2.24, 2.45) is 0 Å². The van der Waals surface area contributed by atoms with Crippen LogP contribution in [-0.2, 0) is 9.53 Å². The summed E-state index contributed by atoms with van der Waals surface area (Å²) in [5.41, 5.74) is 0. The van der Waals surface area contributed by atoms with E-state index >= 15 is 0 Å². The minimum absolute atomic E-state index is 0.112. The highest BCUT2D eigenvalue weighted by molar-refractivity contribution is 9.10. The van der Waals surface area contributed by atoms with E-state index in [1.807, 2.05) is 0 Å². The summed E-state index contributed by atoms with van der Waals surface area (Å²) < 4.78 is 5.21. The Morgan fingerprint density at radius 1 is 1.12 bits per heavy atom. The van der Waals surface area contributed by atoms with E-state index in [2.05, 4.69) is 38.8 Å². The quantitative estimate of drug-likeness (QED) is 0.295. The maximum absolute atomic E-state index is 11.5. The van der Waals surface area contributed by atoms with E-state index in [0.29, 0.717) is 6.61 Å². The zero-order valence-electron chi connectivity index (χ0n) is 10.7. The first-order valence-corrected chi connectivity index (χ1v) is 8.62. The fraction of sp³-hybridized carbons (Fsp3) is 0.923. The van der Waals surface area contributed by atoms with Crippen LogP contribution in [0.15, 0.2) is 0 Å². The third kappa shape index (κ3) is 11.3. The van der Waals surface area contributed by atoms with Crippen LogP contribution in [-0.4, -0.2) is 22.7 Å². The van der Waals surface area contributed by atoms with Gasteiger partial charge in [0.1, 0.15) is 4.83 Å². The molecule has 0 saturated carbocycles. The Morgan fingerprint density at radius 3 is 2.41 bits per heavy atom. The predicted molar refractivity (Wildman–Crippen MR) is 80.1 cm³/mol. The molecule has 102 valence electrons. The Morgan fingerprint density at radius 2 is 1.76 bits per heavy atom. The molecular formula is C13H24Br2O2. The van der Waals surface area contributed by atoms with Crippen molar-refractivity contribution < 1.29 is 9.53 Å². The molecule has 1 atom stereocenters. The van der Waals surface area contributed by atoms with Gasteiger partial charge in [-0.05, 0) is 19.3 Å². The summed E-state index contributed by atoms with van der Waals surface area (Å²) in [6.45, 7) is 2.78. The first kappa shape index (κ1) is 17.4. The fourth-order valence-corrected chi connectivity index (χ4v) is 2.30. The van der Waals surface area contributed by atoms with Gasteiger partial charge in [-0.15, -0.1) is 0 Å². The summed E-state index contributed by atoms with van der Waals surface area (Å²) in [6, 6.07) is 0. The Kier molecular flexibility index (Phi) is 13.2. The summed E-state index contributed by atoms with van der Waals surface area (Å²) in [6.07, 6.45) is 9.13. The third-order valence-electron chi connectivity index (χ3n) is 2.59. The highest BCUT2D eigenvalue weighted by Crippen LogP contribution is 2.12. The van der Waals surface area contributed by atoms with E-state index in [4.69, 9.17) is 4.74 Å². The Bertz CT molecular complexity index is 186. The van der Waals surface area contributed by atoms with Gasteiger partial charge < -0.3 is 4.74 Å². The molecular weight excluding hydrogens is 348 g/mol. The van der Waals surface area contributed by atoms with E-state index in [1.165, 1.54) is 32.1 Å². The van der Waals surface area contributed by atoms with Crippen LogP contribution in [0.1, 0.15) is 58.3 Å². The number of unbranched alkanes of at least 4 members (excludes halogenated alkanes) is 5. The molecule has 0 N–H and O–H groups in total. The van der Waals surface area contributed by atoms with Crippen molar-refractivity contribution in [1.82, 2.24) is 0 Å². The molecule has 1 unspecified atom stereocenters. The van der Waals surface area contributed by atoms with Gasteiger partial charge in [-0.1, -0.05) is 70.9 Å². The molecule has 0 aliphatic carbocycles. The number of carbonyl (C=O) groups excluding carboxylic acids is 1. The second-order valence-electron chi connectivity index (χ2n) is 4.23. The minimum atomic E-state index is -0.139. The van der Waals surface area contributed by atoms with Gasteiger partial charge >= 0.3 is 5.97 Å². The van der Waals surface area contributed by atoms with Gasteiger partial charge in [0.25, 0.3) is 0 Å². The molecule has 0 bridgehead atoms. The molecule has 0 aliphatic heterocycles. The number of hydrogen-bond acceptors (Lipinski definition) is 2. The zero-order valence-corrected chi connectivity index (χ0v) is 13.9. The lowest BCUT2D eigenvalue weighted by Gasteiger charge is -2.09. The average Bonchev–Trinajstić information content (AvgIpc) is 2.34. The molecule has 0 aliphatic rings. The van der Waals surface area contributed by atoms with E-state index in [-0.39, 0.29) is 10.8 Å². The smallest absolute Gasteiger partial charge is 0.319 e. The molecule has 0 aromatic heterocycles. The van der Waals surface area contributed by atoms with Crippen LogP contribution in [0.4, 0.5) is 0 Å². The first-order valence-electron chi connectivity index (χ1n) is 6.59. The summed E-state index contributed by atoms with van der Waals surface area (Å²) in [4.78, 5) is 11.4. The fourth-order valence-electron chi connectivity index (χ4n) is 1.52. The van der Waals surface area contributed by atoms with Crippen molar-refractivity contribution >= 4 is 37.8 Å². The summed E-state index contributed by atoms with van der Waals surface area (Å²) in [7, 11) is 0. The van der Waals surface area contributed by atoms with Gasteiger partial charge in [-0.25, -0.2) is 0 Å². The van der Waals surface area contributed by atoms with Crippen molar-refractivity contribution in [1.29, 1.82) is 0 Å². The molecule has 0 amide bonds. The van der Waals surface area contributed by atoms with E-state index < -0.39 is 0 Å². The number of rotatable bonds is 11. The standard InChI is InChI=1S/C13H24Br2O2/c1-2-3-4-5-6-7-11-17-13(16)12(15)9-8-10-14/h12H,2-11H2,1H3. The van der Waals surface area contributed by atoms with Crippen LogP contribution in [0.2, 0.25) is 0 Å². The molecule has 0 spiro atoms. The molecule has 2 nitrogen and oxygen atoms in total. The second kappa shape index (κ2) is 12.9. The summed E-state index contributed by atoms with van der Waals surface area (Å²) >= 11 is 6.70. The molecule has 4 heteroatoms. The summed E-state index contributed by atoms with van der Waals surface area (Å²) in [5, 5.41) is 0.930. The molecule has 17 heavy (non-hydrogen) atoms. The monoisotopic (exact) mass is 370 g/mol. The van der Waals surface area contributed by atoms with Crippen LogP contribution in [0.5, 0.6) is 0 Å².